The van der Waals surface area contributed by atoms with Crippen molar-refractivity contribution in [2.75, 3.05) is 14.2 Å². The fourth-order valence-corrected chi connectivity index (χ4v) is 3.01. The van der Waals surface area contributed by atoms with Crippen molar-refractivity contribution in [1.29, 1.82) is 0 Å². The highest BCUT2D eigenvalue weighted by Gasteiger charge is 2.10. The van der Waals surface area contributed by atoms with Crippen LogP contribution in [0.15, 0.2) is 52.5 Å². The highest BCUT2D eigenvalue weighted by Crippen LogP contribution is 2.33. The zero-order chi connectivity index (χ0) is 18.4. The lowest BCUT2D eigenvalue weighted by Crippen LogP contribution is -2.00. The Bertz CT molecular complexity index is 899. The predicted octanol–water partition coefficient (Wildman–Crippen LogP) is 4.18. The van der Waals surface area contributed by atoms with Crippen molar-refractivity contribution in [3.63, 3.8) is 0 Å². The average molecular weight is 371 g/mol. The van der Waals surface area contributed by atoms with Crippen LogP contribution in [0.2, 0.25) is 0 Å². The van der Waals surface area contributed by atoms with E-state index in [1.165, 1.54) is 23.7 Å². The van der Waals surface area contributed by atoms with Crippen LogP contribution < -0.4 is 9.47 Å². The van der Waals surface area contributed by atoms with Crippen LogP contribution in [0.4, 0.5) is 0 Å². The number of benzene rings is 1. The first-order valence-corrected chi connectivity index (χ1v) is 8.62. The fourth-order valence-electron chi connectivity index (χ4n) is 2.20. The smallest absolute Gasteiger partial charge is 0.331 e. The van der Waals surface area contributed by atoms with Gasteiger partial charge in [0.05, 0.1) is 26.2 Å². The third-order valence-electron chi connectivity index (χ3n) is 3.47. The number of hydrogen-bond acceptors (Lipinski definition) is 7. The van der Waals surface area contributed by atoms with Gasteiger partial charge in [-0.2, -0.15) is 0 Å². The van der Waals surface area contributed by atoms with Crippen molar-refractivity contribution in [2.24, 2.45) is 0 Å². The third kappa shape index (κ3) is 4.31. The zero-order valence-corrected chi connectivity index (χ0v) is 15.1. The normalized spacial score (nSPS) is 10.8. The number of hydrogen-bond donors (Lipinski definition) is 0. The number of nitrogens with zero attached hydrogens (tertiary/aromatic N) is 1. The molecule has 3 aromatic rings. The minimum Gasteiger partial charge on any atom is -0.493 e. The summed E-state index contributed by atoms with van der Waals surface area (Å²) >= 11 is 1.47. The average Bonchev–Trinajstić information content (AvgIpc) is 3.36. The molecule has 0 amide bonds. The third-order valence-corrected chi connectivity index (χ3v) is 4.41. The summed E-state index contributed by atoms with van der Waals surface area (Å²) in [7, 11) is 3.18. The van der Waals surface area contributed by atoms with E-state index in [4.69, 9.17) is 18.6 Å². The molecule has 0 unspecified atom stereocenters. The number of carbonyl (C=O) groups is 1. The van der Waals surface area contributed by atoms with Crippen LogP contribution >= 0.6 is 11.3 Å². The number of thiazole rings is 1. The lowest BCUT2D eigenvalue weighted by Gasteiger charge is -2.08. The Hall–Kier alpha value is -3.06. The predicted molar refractivity (Wildman–Crippen MR) is 98.2 cm³/mol. The minimum atomic E-state index is -0.456. The highest BCUT2D eigenvalue weighted by atomic mass is 32.1. The number of methoxy groups -OCH3 is 2. The number of esters is 1. The van der Waals surface area contributed by atoms with Gasteiger partial charge in [-0.1, -0.05) is 0 Å². The van der Waals surface area contributed by atoms with Crippen LogP contribution in [0, 0.1) is 0 Å². The number of rotatable bonds is 7. The second-order valence-corrected chi connectivity index (χ2v) is 6.03. The van der Waals surface area contributed by atoms with E-state index in [2.05, 4.69) is 4.98 Å². The number of aromatic nitrogens is 1. The maximum absolute atomic E-state index is 11.7. The van der Waals surface area contributed by atoms with Crippen LogP contribution in [0.25, 0.3) is 16.6 Å². The van der Waals surface area contributed by atoms with Gasteiger partial charge in [-0.25, -0.2) is 9.78 Å². The molecule has 2 aromatic heterocycles. The highest BCUT2D eigenvalue weighted by molar-refractivity contribution is 7.13. The molecule has 0 aliphatic carbocycles. The Labute approximate surface area is 154 Å². The van der Waals surface area contributed by atoms with E-state index in [0.29, 0.717) is 23.0 Å². The second kappa shape index (κ2) is 8.35. The zero-order valence-electron chi connectivity index (χ0n) is 14.3. The molecule has 7 heteroatoms. The summed E-state index contributed by atoms with van der Waals surface area (Å²) in [6.45, 7) is 0.102. The maximum atomic E-state index is 11.7. The molecule has 0 spiro atoms. The van der Waals surface area contributed by atoms with Gasteiger partial charge in [0.2, 0.25) is 0 Å². The molecule has 134 valence electrons. The van der Waals surface area contributed by atoms with Crippen molar-refractivity contribution in [1.82, 2.24) is 4.98 Å². The first-order chi connectivity index (χ1) is 12.7. The van der Waals surface area contributed by atoms with Crippen molar-refractivity contribution in [2.45, 2.75) is 6.61 Å². The lowest BCUT2D eigenvalue weighted by molar-refractivity contribution is -0.139. The maximum Gasteiger partial charge on any atom is 0.331 e. The van der Waals surface area contributed by atoms with Crippen LogP contribution in [0.3, 0.4) is 0 Å². The monoisotopic (exact) mass is 371 g/mol. The molecule has 3 rings (SSSR count). The Kier molecular flexibility index (Phi) is 5.70. The molecule has 0 aliphatic rings. The van der Waals surface area contributed by atoms with Gasteiger partial charge in [-0.3, -0.25) is 0 Å². The molecule has 6 nitrogen and oxygen atoms in total. The molecule has 0 aliphatic heterocycles. The molecule has 26 heavy (non-hydrogen) atoms. The number of ether oxygens (including phenoxy) is 3. The quantitative estimate of drug-likeness (QED) is 0.458. The van der Waals surface area contributed by atoms with Gasteiger partial charge in [0, 0.05) is 17.0 Å². The Balaban J connectivity index is 1.62. The lowest BCUT2D eigenvalue weighted by atomic mass is 10.2. The van der Waals surface area contributed by atoms with Crippen LogP contribution in [-0.4, -0.2) is 25.2 Å². The van der Waals surface area contributed by atoms with Gasteiger partial charge >= 0.3 is 5.97 Å². The molecule has 0 saturated carbocycles. The Morgan fingerprint density at radius 3 is 2.81 bits per heavy atom. The molecule has 0 fully saturated rings. The van der Waals surface area contributed by atoms with Crippen LogP contribution in [0.5, 0.6) is 11.5 Å². The topological polar surface area (TPSA) is 70.8 Å². The van der Waals surface area contributed by atoms with E-state index in [0.717, 1.165) is 10.6 Å². The molecule has 0 radical (unpaired) electrons. The first kappa shape index (κ1) is 17.8. The summed E-state index contributed by atoms with van der Waals surface area (Å²) in [6, 6.07) is 9.09. The van der Waals surface area contributed by atoms with E-state index < -0.39 is 5.97 Å². The van der Waals surface area contributed by atoms with Gasteiger partial charge in [0.15, 0.2) is 11.5 Å². The van der Waals surface area contributed by atoms with Crippen LogP contribution in [0.1, 0.15) is 11.5 Å². The summed E-state index contributed by atoms with van der Waals surface area (Å²) in [5.74, 6) is 1.43. The molecule has 0 N–H and O–H groups in total. The second-order valence-electron chi connectivity index (χ2n) is 5.17. The Morgan fingerprint density at radius 2 is 2.08 bits per heavy atom. The Morgan fingerprint density at radius 1 is 1.23 bits per heavy atom. The van der Waals surface area contributed by atoms with Crippen LogP contribution in [-0.2, 0) is 16.1 Å². The number of furan rings is 1. The summed E-state index contributed by atoms with van der Waals surface area (Å²) in [5.41, 5.74) is 1.59. The van der Waals surface area contributed by atoms with Gasteiger partial charge in [0.1, 0.15) is 17.4 Å². The van der Waals surface area contributed by atoms with Crippen molar-refractivity contribution >= 4 is 23.4 Å². The molecule has 1 aromatic carbocycles. The van der Waals surface area contributed by atoms with Gasteiger partial charge in [0.25, 0.3) is 0 Å². The van der Waals surface area contributed by atoms with E-state index >= 15 is 0 Å². The summed E-state index contributed by atoms with van der Waals surface area (Å²) in [4.78, 5) is 16.2. The summed E-state index contributed by atoms with van der Waals surface area (Å²) < 4.78 is 20.8. The van der Waals surface area contributed by atoms with Gasteiger partial charge in [-0.05, 0) is 36.4 Å². The van der Waals surface area contributed by atoms with Crippen molar-refractivity contribution in [3.05, 3.63) is 59.5 Å². The summed E-state index contributed by atoms with van der Waals surface area (Å²) in [5, 5.41) is 2.67. The molecule has 0 saturated heterocycles. The fraction of sp³-hybridized carbons (Fsp3) is 0.158. The molecule has 0 atom stereocenters. The van der Waals surface area contributed by atoms with Crippen molar-refractivity contribution in [3.8, 4) is 22.1 Å². The SMILES string of the molecule is COc1ccc(-c2nc(COC(=O)/C=C/c3ccco3)cs2)cc1OC. The minimum absolute atomic E-state index is 0.102. The van der Waals surface area contributed by atoms with E-state index in [1.807, 2.05) is 23.6 Å². The molecule has 2 heterocycles. The van der Waals surface area contributed by atoms with Crippen molar-refractivity contribution < 1.29 is 23.4 Å². The van der Waals surface area contributed by atoms with Gasteiger partial charge in [-0.15, -0.1) is 11.3 Å². The van der Waals surface area contributed by atoms with E-state index in [9.17, 15) is 4.79 Å². The number of carbonyl (C=O) groups excluding carboxylic acids is 1. The largest absolute Gasteiger partial charge is 0.493 e. The van der Waals surface area contributed by atoms with E-state index in [1.54, 1.807) is 32.4 Å². The molecular formula is C19H17NO5S. The molecule has 0 bridgehead atoms. The van der Waals surface area contributed by atoms with Gasteiger partial charge < -0.3 is 18.6 Å². The standard InChI is InChI=1S/C19H17NO5S/c1-22-16-7-5-13(10-17(16)23-2)19-20-14(12-26-19)11-25-18(21)8-6-15-4-3-9-24-15/h3-10,12H,11H2,1-2H3/b8-6+. The molecular weight excluding hydrogens is 354 g/mol. The first-order valence-electron chi connectivity index (χ1n) is 7.74. The summed E-state index contributed by atoms with van der Waals surface area (Å²) in [6.07, 6.45) is 4.41. The van der Waals surface area contributed by atoms with E-state index in [-0.39, 0.29) is 6.61 Å².